The molecule has 3 rings (SSSR count). The summed E-state index contributed by atoms with van der Waals surface area (Å²) in [5, 5.41) is 1.34. The van der Waals surface area contributed by atoms with Crippen molar-refractivity contribution in [3.8, 4) is 27.6 Å². The zero-order valence-corrected chi connectivity index (χ0v) is 19.5. The minimum absolute atomic E-state index is 0.130. The summed E-state index contributed by atoms with van der Waals surface area (Å²) in [6, 6.07) is 5.80. The lowest BCUT2D eigenvalue weighted by molar-refractivity contribution is -0.195. The first kappa shape index (κ1) is 22.5. The van der Waals surface area contributed by atoms with E-state index in [1.54, 1.807) is 19.2 Å². The molecule has 0 saturated carbocycles. The highest BCUT2D eigenvalue weighted by atomic mass is 79.9. The topological polar surface area (TPSA) is 39.9 Å². The highest BCUT2D eigenvalue weighted by Crippen LogP contribution is 2.45. The van der Waals surface area contributed by atoms with Crippen molar-refractivity contribution in [2.75, 3.05) is 0 Å². The first-order chi connectivity index (χ1) is 13.5. The van der Waals surface area contributed by atoms with Crippen LogP contribution < -0.4 is 4.74 Å². The number of alkyl halides is 6. The number of halogens is 7. The van der Waals surface area contributed by atoms with Gasteiger partial charge in [0.1, 0.15) is 5.75 Å². The Labute approximate surface area is 189 Å². The van der Waals surface area contributed by atoms with Crippen LogP contribution in [-0.2, 0) is 7.05 Å². The SMILES string of the molecule is Cc1c(-c2nc(C(F)Cl)nn2C)sc(Br)c1-c1ccc(OC(F)(F)C(F)Br)cc1. The van der Waals surface area contributed by atoms with E-state index in [-0.39, 0.29) is 11.6 Å². The molecule has 2 unspecified atom stereocenters. The largest absolute Gasteiger partial charge is 0.440 e. The van der Waals surface area contributed by atoms with Crippen molar-refractivity contribution in [1.29, 1.82) is 0 Å². The predicted molar refractivity (Wildman–Crippen MR) is 111 cm³/mol. The van der Waals surface area contributed by atoms with Gasteiger partial charge in [0.05, 0.1) is 8.66 Å². The Hall–Kier alpha value is -1.17. The van der Waals surface area contributed by atoms with Crippen LogP contribution in [0, 0.1) is 6.92 Å². The normalized spacial score (nSPS) is 14.1. The standard InChI is InChI=1S/C17H12Br2ClF4N3OS/c1-7-10(8-3-5-9(6-4-8)28-17(23,24)16(19)22)12(18)29-11(7)15-25-14(13(20)21)26-27(15)2/h3-6,13,16H,1-2H3. The second-order valence-electron chi connectivity index (χ2n) is 5.91. The third-order valence-corrected chi connectivity index (χ3v) is 6.62. The molecule has 0 aliphatic heterocycles. The number of benzene rings is 1. The van der Waals surface area contributed by atoms with Crippen LogP contribution >= 0.6 is 54.8 Å². The highest BCUT2D eigenvalue weighted by molar-refractivity contribution is 9.11. The first-order valence-corrected chi connectivity index (χ1v) is 10.9. The van der Waals surface area contributed by atoms with Crippen molar-refractivity contribution in [3.05, 3.63) is 39.4 Å². The van der Waals surface area contributed by atoms with E-state index >= 15 is 0 Å². The molecule has 2 heterocycles. The average molecular weight is 578 g/mol. The second-order valence-corrected chi connectivity index (χ2v) is 9.44. The molecule has 156 valence electrons. The molecule has 12 heteroatoms. The van der Waals surface area contributed by atoms with Crippen LogP contribution in [0.2, 0.25) is 0 Å². The van der Waals surface area contributed by atoms with Gasteiger partial charge in [-0.2, -0.15) is 13.9 Å². The Bertz CT molecular complexity index is 1020. The third kappa shape index (κ3) is 4.62. The smallest absolute Gasteiger partial charge is 0.430 e. The van der Waals surface area contributed by atoms with E-state index in [4.69, 9.17) is 11.6 Å². The van der Waals surface area contributed by atoms with Gasteiger partial charge in [0.15, 0.2) is 5.82 Å². The molecule has 0 N–H and O–H groups in total. The molecule has 3 aromatic rings. The molecule has 0 bridgehead atoms. The maximum atomic E-state index is 13.4. The molecule has 0 aliphatic carbocycles. The summed E-state index contributed by atoms with van der Waals surface area (Å²) >= 11 is 12.5. The van der Waals surface area contributed by atoms with Crippen LogP contribution in [0.3, 0.4) is 0 Å². The number of nitrogens with zero attached hydrogens (tertiary/aromatic N) is 3. The summed E-state index contributed by atoms with van der Waals surface area (Å²) in [7, 11) is 1.63. The van der Waals surface area contributed by atoms with Gasteiger partial charge in [-0.05, 0) is 62.0 Å². The number of ether oxygens (including phenoxy) is 1. The number of aromatic nitrogens is 3. The van der Waals surface area contributed by atoms with Gasteiger partial charge < -0.3 is 4.74 Å². The lowest BCUT2D eigenvalue weighted by Gasteiger charge is -2.18. The lowest BCUT2D eigenvalue weighted by Crippen LogP contribution is -2.32. The molecule has 0 spiro atoms. The van der Waals surface area contributed by atoms with Gasteiger partial charge >= 0.3 is 6.11 Å². The number of aryl methyl sites for hydroxylation is 1. The Balaban J connectivity index is 1.95. The van der Waals surface area contributed by atoms with Gasteiger partial charge in [0.25, 0.3) is 5.08 Å². The van der Waals surface area contributed by atoms with Gasteiger partial charge in [-0.1, -0.05) is 23.7 Å². The minimum Gasteiger partial charge on any atom is -0.430 e. The number of rotatable bonds is 6. The van der Waals surface area contributed by atoms with Gasteiger partial charge in [-0.25, -0.2) is 18.4 Å². The Morgan fingerprint density at radius 2 is 1.86 bits per heavy atom. The molecule has 0 saturated heterocycles. The van der Waals surface area contributed by atoms with Crippen LogP contribution in [0.5, 0.6) is 5.75 Å². The van der Waals surface area contributed by atoms with E-state index < -0.39 is 16.8 Å². The summed E-state index contributed by atoms with van der Waals surface area (Å²) in [6.07, 6.45) is -3.99. The zero-order chi connectivity index (χ0) is 21.5. The van der Waals surface area contributed by atoms with Crippen molar-refractivity contribution >= 4 is 54.8 Å². The van der Waals surface area contributed by atoms with E-state index in [0.717, 1.165) is 19.8 Å². The van der Waals surface area contributed by atoms with Crippen LogP contribution in [0.25, 0.3) is 21.8 Å². The Morgan fingerprint density at radius 1 is 1.24 bits per heavy atom. The van der Waals surface area contributed by atoms with Crippen molar-refractivity contribution in [3.63, 3.8) is 0 Å². The fourth-order valence-corrected chi connectivity index (χ4v) is 4.88. The molecular weight excluding hydrogens is 566 g/mol. The van der Waals surface area contributed by atoms with Crippen molar-refractivity contribution in [2.24, 2.45) is 7.05 Å². The van der Waals surface area contributed by atoms with Crippen molar-refractivity contribution in [1.82, 2.24) is 14.8 Å². The summed E-state index contributed by atoms with van der Waals surface area (Å²) in [4.78, 5) is 4.90. The van der Waals surface area contributed by atoms with Gasteiger partial charge in [-0.3, -0.25) is 0 Å². The zero-order valence-electron chi connectivity index (χ0n) is 14.8. The second kappa shape index (κ2) is 8.52. The summed E-state index contributed by atoms with van der Waals surface area (Å²) in [5.74, 6) is 0.137. The molecule has 0 amide bonds. The van der Waals surface area contributed by atoms with E-state index in [9.17, 15) is 17.6 Å². The Kier molecular flexibility index (Phi) is 6.62. The summed E-state index contributed by atoms with van der Waals surface area (Å²) < 4.78 is 59.5. The molecule has 0 radical (unpaired) electrons. The highest BCUT2D eigenvalue weighted by Gasteiger charge is 2.41. The first-order valence-electron chi connectivity index (χ1n) is 7.95. The maximum Gasteiger partial charge on any atom is 0.440 e. The van der Waals surface area contributed by atoms with Crippen LogP contribution in [0.4, 0.5) is 17.6 Å². The third-order valence-electron chi connectivity index (χ3n) is 3.93. The fourth-order valence-electron chi connectivity index (χ4n) is 2.61. The Morgan fingerprint density at radius 3 is 2.38 bits per heavy atom. The minimum atomic E-state index is -3.99. The van der Waals surface area contributed by atoms with Gasteiger partial charge in [0, 0.05) is 12.6 Å². The summed E-state index contributed by atoms with van der Waals surface area (Å²) in [5.41, 5.74) is 0.537. The molecule has 29 heavy (non-hydrogen) atoms. The summed E-state index contributed by atoms with van der Waals surface area (Å²) in [6.45, 7) is 1.85. The number of thiophene rings is 1. The van der Waals surface area contributed by atoms with Gasteiger partial charge in [-0.15, -0.1) is 11.3 Å². The predicted octanol–water partition coefficient (Wildman–Crippen LogP) is 7.15. The molecule has 2 atom stereocenters. The van der Waals surface area contributed by atoms with E-state index in [1.165, 1.54) is 28.2 Å². The molecule has 4 nitrogen and oxygen atoms in total. The number of hydrogen-bond donors (Lipinski definition) is 0. The van der Waals surface area contributed by atoms with Crippen LogP contribution in [-0.4, -0.2) is 26.0 Å². The van der Waals surface area contributed by atoms with Gasteiger partial charge in [0.2, 0.25) is 11.5 Å². The fraction of sp³-hybridized carbons (Fsp3) is 0.294. The lowest BCUT2D eigenvalue weighted by atomic mass is 10.0. The molecule has 1 aromatic carbocycles. The van der Waals surface area contributed by atoms with Crippen molar-refractivity contribution < 1.29 is 22.3 Å². The molecule has 0 aliphatic rings. The molecule has 0 fully saturated rings. The van der Waals surface area contributed by atoms with Crippen LogP contribution in [0.1, 0.15) is 17.0 Å². The molecular formula is C17H12Br2ClF4N3OS. The van der Waals surface area contributed by atoms with Crippen molar-refractivity contribution in [2.45, 2.75) is 23.7 Å². The maximum absolute atomic E-state index is 13.4. The quantitative estimate of drug-likeness (QED) is 0.231. The monoisotopic (exact) mass is 575 g/mol. The molecule has 2 aromatic heterocycles. The van der Waals surface area contributed by atoms with E-state index in [2.05, 4.69) is 46.7 Å². The van der Waals surface area contributed by atoms with E-state index in [0.29, 0.717) is 11.4 Å². The van der Waals surface area contributed by atoms with E-state index in [1.807, 2.05) is 6.92 Å². The number of hydrogen-bond acceptors (Lipinski definition) is 4. The van der Waals surface area contributed by atoms with Crippen LogP contribution in [0.15, 0.2) is 28.1 Å². The average Bonchev–Trinajstić information content (AvgIpc) is 3.15.